The summed E-state index contributed by atoms with van der Waals surface area (Å²) in [5, 5.41) is 2.75. The van der Waals surface area contributed by atoms with Crippen LogP contribution < -0.4 is 11.1 Å². The average Bonchev–Trinajstić information content (AvgIpc) is 2.40. The Labute approximate surface area is 120 Å². The van der Waals surface area contributed by atoms with Gasteiger partial charge in [0.1, 0.15) is 5.82 Å². The molecule has 0 heterocycles. The maximum absolute atomic E-state index is 13.6. The molecule has 0 bridgehead atoms. The number of carbonyl (C=O) groups excluding carboxylic acids is 1. The van der Waals surface area contributed by atoms with E-state index in [2.05, 4.69) is 21.2 Å². The molecule has 1 aromatic carbocycles. The molecule has 0 unspecified atom stereocenters. The average molecular weight is 329 g/mol. The quantitative estimate of drug-likeness (QED) is 0.896. The Balaban J connectivity index is 1.99. The van der Waals surface area contributed by atoms with Crippen molar-refractivity contribution in [2.75, 3.05) is 6.54 Å². The van der Waals surface area contributed by atoms with Gasteiger partial charge >= 0.3 is 0 Å². The van der Waals surface area contributed by atoms with Crippen LogP contribution in [-0.2, 0) is 0 Å². The summed E-state index contributed by atoms with van der Waals surface area (Å²) < 4.78 is 14.2. The molecule has 0 saturated heterocycles. The Hall–Kier alpha value is -0.940. The van der Waals surface area contributed by atoms with Crippen molar-refractivity contribution in [2.45, 2.75) is 37.6 Å². The van der Waals surface area contributed by atoms with Crippen molar-refractivity contribution in [3.63, 3.8) is 0 Å². The summed E-state index contributed by atoms with van der Waals surface area (Å²) in [5.74, 6) is -0.926. The molecular formula is C14H18BrFN2O. The van der Waals surface area contributed by atoms with Gasteiger partial charge in [0, 0.05) is 16.6 Å². The third-order valence-corrected chi connectivity index (χ3v) is 4.12. The molecule has 104 valence electrons. The number of amides is 1. The molecule has 1 fully saturated rings. The predicted octanol–water partition coefficient (Wildman–Crippen LogP) is 2.98. The van der Waals surface area contributed by atoms with Gasteiger partial charge in [-0.15, -0.1) is 0 Å². The second-order valence-electron chi connectivity index (χ2n) is 5.23. The molecule has 1 amide bonds. The van der Waals surface area contributed by atoms with E-state index in [4.69, 9.17) is 5.73 Å². The van der Waals surface area contributed by atoms with E-state index in [0.29, 0.717) is 11.0 Å². The predicted molar refractivity (Wildman–Crippen MR) is 76.4 cm³/mol. The van der Waals surface area contributed by atoms with Crippen molar-refractivity contribution >= 4 is 21.8 Å². The highest BCUT2D eigenvalue weighted by molar-refractivity contribution is 9.10. The highest BCUT2D eigenvalue weighted by Gasteiger charge is 2.28. The second kappa shape index (κ2) is 6.01. The molecule has 3 N–H and O–H groups in total. The van der Waals surface area contributed by atoms with Crippen LogP contribution in [0.3, 0.4) is 0 Å². The minimum atomic E-state index is -0.518. The van der Waals surface area contributed by atoms with E-state index in [0.717, 1.165) is 25.7 Å². The second-order valence-corrected chi connectivity index (χ2v) is 6.15. The van der Waals surface area contributed by atoms with Crippen molar-refractivity contribution in [3.05, 3.63) is 34.1 Å². The van der Waals surface area contributed by atoms with Crippen molar-refractivity contribution in [1.29, 1.82) is 0 Å². The molecule has 1 aromatic rings. The molecule has 19 heavy (non-hydrogen) atoms. The molecule has 1 saturated carbocycles. The van der Waals surface area contributed by atoms with E-state index in [1.165, 1.54) is 18.6 Å². The minimum absolute atomic E-state index is 0.0498. The van der Waals surface area contributed by atoms with E-state index in [1.807, 2.05) is 0 Å². The smallest absolute Gasteiger partial charge is 0.254 e. The summed E-state index contributed by atoms with van der Waals surface area (Å²) in [7, 11) is 0. The van der Waals surface area contributed by atoms with Crippen LogP contribution >= 0.6 is 15.9 Å². The third-order valence-electron chi connectivity index (χ3n) is 3.62. The normalized spacial score (nSPS) is 18.1. The lowest BCUT2D eigenvalue weighted by Gasteiger charge is -2.33. The number of hydrogen-bond donors (Lipinski definition) is 2. The van der Waals surface area contributed by atoms with Crippen LogP contribution in [0.1, 0.15) is 42.5 Å². The van der Waals surface area contributed by atoms with E-state index in [9.17, 15) is 9.18 Å². The Morgan fingerprint density at radius 1 is 1.37 bits per heavy atom. The third kappa shape index (κ3) is 3.76. The van der Waals surface area contributed by atoms with Crippen molar-refractivity contribution < 1.29 is 9.18 Å². The fourth-order valence-corrected chi connectivity index (χ4v) is 2.82. The van der Waals surface area contributed by atoms with Gasteiger partial charge in [0.25, 0.3) is 5.91 Å². The van der Waals surface area contributed by atoms with E-state index < -0.39 is 11.7 Å². The van der Waals surface area contributed by atoms with Crippen LogP contribution in [0, 0.1) is 5.82 Å². The standard InChI is InChI=1S/C14H18BrFN2O/c15-10-4-5-12(16)11(8-10)13(19)18-9-14(17)6-2-1-3-7-14/h4-5,8H,1-3,6-7,9,17H2,(H,18,19). The zero-order chi connectivity index (χ0) is 13.9. The number of nitrogens with two attached hydrogens (primary N) is 1. The molecule has 0 aromatic heterocycles. The molecule has 0 spiro atoms. The van der Waals surface area contributed by atoms with E-state index in [-0.39, 0.29) is 11.1 Å². The largest absolute Gasteiger partial charge is 0.350 e. The van der Waals surface area contributed by atoms with Crippen LogP contribution in [0.25, 0.3) is 0 Å². The van der Waals surface area contributed by atoms with Gasteiger partial charge in [0.2, 0.25) is 0 Å². The number of halogens is 2. The lowest BCUT2D eigenvalue weighted by Crippen LogP contribution is -2.51. The maximum atomic E-state index is 13.6. The summed E-state index contributed by atoms with van der Waals surface area (Å²) in [4.78, 5) is 12.0. The van der Waals surface area contributed by atoms with Gasteiger partial charge in [-0.05, 0) is 31.0 Å². The van der Waals surface area contributed by atoms with E-state index in [1.54, 1.807) is 6.07 Å². The van der Waals surface area contributed by atoms with Crippen molar-refractivity contribution in [3.8, 4) is 0 Å². The summed E-state index contributed by atoms with van der Waals surface area (Å²) >= 11 is 3.23. The molecule has 5 heteroatoms. The first-order valence-electron chi connectivity index (χ1n) is 6.52. The monoisotopic (exact) mass is 328 g/mol. The lowest BCUT2D eigenvalue weighted by molar-refractivity contribution is 0.0933. The molecule has 0 aliphatic heterocycles. The summed E-state index contributed by atoms with van der Waals surface area (Å²) in [6.45, 7) is 0.401. The number of hydrogen-bond acceptors (Lipinski definition) is 2. The number of rotatable bonds is 3. The molecule has 1 aliphatic rings. The number of nitrogens with one attached hydrogen (secondary N) is 1. The van der Waals surface area contributed by atoms with Gasteiger partial charge in [-0.1, -0.05) is 35.2 Å². The fraction of sp³-hybridized carbons (Fsp3) is 0.500. The summed E-state index contributed by atoms with van der Waals surface area (Å²) in [6.07, 6.45) is 5.21. The zero-order valence-electron chi connectivity index (χ0n) is 10.7. The molecule has 1 aliphatic carbocycles. The van der Waals surface area contributed by atoms with Gasteiger partial charge in [0.15, 0.2) is 0 Å². The van der Waals surface area contributed by atoms with Crippen LogP contribution in [0.4, 0.5) is 4.39 Å². The number of carbonyl (C=O) groups is 1. The first-order chi connectivity index (χ1) is 9.00. The fourth-order valence-electron chi connectivity index (χ4n) is 2.46. The SMILES string of the molecule is NC1(CNC(=O)c2cc(Br)ccc2F)CCCCC1. The first-order valence-corrected chi connectivity index (χ1v) is 7.32. The van der Waals surface area contributed by atoms with Gasteiger partial charge in [-0.25, -0.2) is 4.39 Å². The Morgan fingerprint density at radius 3 is 2.74 bits per heavy atom. The summed E-state index contributed by atoms with van der Waals surface area (Å²) in [6, 6.07) is 4.32. The zero-order valence-corrected chi connectivity index (χ0v) is 12.3. The lowest BCUT2D eigenvalue weighted by atomic mass is 9.82. The van der Waals surface area contributed by atoms with Crippen molar-refractivity contribution in [1.82, 2.24) is 5.32 Å². The maximum Gasteiger partial charge on any atom is 0.254 e. The van der Waals surface area contributed by atoms with Gasteiger partial charge < -0.3 is 11.1 Å². The Bertz CT molecular complexity index is 473. The van der Waals surface area contributed by atoms with Crippen molar-refractivity contribution in [2.24, 2.45) is 5.73 Å². The molecular weight excluding hydrogens is 311 g/mol. The summed E-state index contributed by atoms with van der Waals surface area (Å²) in [5.41, 5.74) is 5.95. The van der Waals surface area contributed by atoms with Crippen LogP contribution in [-0.4, -0.2) is 18.0 Å². The van der Waals surface area contributed by atoms with Gasteiger partial charge in [-0.3, -0.25) is 4.79 Å². The highest BCUT2D eigenvalue weighted by atomic mass is 79.9. The molecule has 0 radical (unpaired) electrons. The number of benzene rings is 1. The molecule has 0 atom stereocenters. The first kappa shape index (κ1) is 14.5. The van der Waals surface area contributed by atoms with E-state index >= 15 is 0 Å². The molecule has 2 rings (SSSR count). The molecule has 3 nitrogen and oxygen atoms in total. The Morgan fingerprint density at radius 2 is 2.05 bits per heavy atom. The minimum Gasteiger partial charge on any atom is -0.350 e. The van der Waals surface area contributed by atoms with Crippen LogP contribution in [0.5, 0.6) is 0 Å². The van der Waals surface area contributed by atoms with Crippen LogP contribution in [0.15, 0.2) is 22.7 Å². The van der Waals surface area contributed by atoms with Crippen LogP contribution in [0.2, 0.25) is 0 Å². The van der Waals surface area contributed by atoms with Gasteiger partial charge in [0.05, 0.1) is 5.56 Å². The van der Waals surface area contributed by atoms with Gasteiger partial charge in [-0.2, -0.15) is 0 Å². The highest BCUT2D eigenvalue weighted by Crippen LogP contribution is 2.25. The Kier molecular flexibility index (Phi) is 4.58. The topological polar surface area (TPSA) is 55.1 Å².